The van der Waals surface area contributed by atoms with Crippen molar-refractivity contribution in [3.63, 3.8) is 0 Å². The fourth-order valence-corrected chi connectivity index (χ4v) is 0.864. The van der Waals surface area contributed by atoms with Crippen LogP contribution in [0.4, 0.5) is 5.82 Å². The number of anilines is 1. The Morgan fingerprint density at radius 3 is 2.62 bits per heavy atom. The van der Waals surface area contributed by atoms with Crippen molar-refractivity contribution in [2.45, 2.75) is 32.9 Å². The van der Waals surface area contributed by atoms with Gasteiger partial charge in [0.1, 0.15) is 5.82 Å². The molecule has 0 spiro atoms. The molecule has 4 nitrogen and oxygen atoms in total. The highest BCUT2D eigenvalue weighted by atomic mass is 15.0. The van der Waals surface area contributed by atoms with E-state index in [4.69, 9.17) is 5.73 Å². The maximum absolute atomic E-state index is 5.50. The molecule has 1 aromatic rings. The van der Waals surface area contributed by atoms with E-state index < -0.39 is 0 Å². The van der Waals surface area contributed by atoms with Gasteiger partial charge in [0.25, 0.3) is 0 Å². The van der Waals surface area contributed by atoms with E-state index in [0.717, 1.165) is 5.69 Å². The van der Waals surface area contributed by atoms with E-state index >= 15 is 0 Å². The summed E-state index contributed by atoms with van der Waals surface area (Å²) in [5.74, 6) is 0.466. The lowest BCUT2D eigenvalue weighted by Gasteiger charge is -2.19. The van der Waals surface area contributed by atoms with Crippen molar-refractivity contribution < 1.29 is 0 Å². The molecule has 3 N–H and O–H groups in total. The number of nitrogens with one attached hydrogen (secondary N) is 1. The van der Waals surface area contributed by atoms with Crippen LogP contribution in [0.3, 0.4) is 0 Å². The zero-order valence-electron chi connectivity index (χ0n) is 8.33. The Bertz CT molecular complexity index is 277. The fraction of sp³-hybridized carbons (Fsp3) is 0.556. The molecule has 0 unspecified atom stereocenters. The van der Waals surface area contributed by atoms with Crippen molar-refractivity contribution in [3.05, 3.63) is 18.1 Å². The third-order valence-electron chi connectivity index (χ3n) is 1.50. The lowest BCUT2D eigenvalue weighted by molar-refractivity contribution is 0.421. The molecule has 0 radical (unpaired) electrons. The summed E-state index contributed by atoms with van der Waals surface area (Å²) in [5, 5.41) is 3.31. The molecule has 0 bridgehead atoms. The van der Waals surface area contributed by atoms with Crippen LogP contribution in [-0.4, -0.2) is 15.5 Å². The molecule has 72 valence electrons. The minimum atomic E-state index is 0.0896. The van der Waals surface area contributed by atoms with Gasteiger partial charge in [-0.15, -0.1) is 0 Å². The number of nitrogens with zero attached hydrogens (tertiary/aromatic N) is 2. The molecule has 1 rings (SSSR count). The quantitative estimate of drug-likeness (QED) is 0.711. The molecule has 0 amide bonds. The number of rotatable bonds is 2. The van der Waals surface area contributed by atoms with Gasteiger partial charge in [-0.2, -0.15) is 0 Å². The summed E-state index contributed by atoms with van der Waals surface area (Å²) in [6.07, 6.45) is 3.26. The van der Waals surface area contributed by atoms with Gasteiger partial charge < -0.3 is 11.1 Å². The third-order valence-corrected chi connectivity index (χ3v) is 1.50. The van der Waals surface area contributed by atoms with E-state index in [1.54, 1.807) is 12.4 Å². The highest BCUT2D eigenvalue weighted by molar-refractivity contribution is 5.23. The minimum absolute atomic E-state index is 0.0896. The molecule has 0 atom stereocenters. The molecule has 1 heterocycles. The molecule has 1 aromatic heterocycles. The van der Waals surface area contributed by atoms with Gasteiger partial charge in [0.2, 0.25) is 0 Å². The molecule has 0 saturated carbocycles. The van der Waals surface area contributed by atoms with Crippen LogP contribution < -0.4 is 11.1 Å². The Morgan fingerprint density at radius 2 is 2.08 bits per heavy atom. The SMILES string of the molecule is CC(C)(C)NCc1cncc(N)n1. The zero-order chi connectivity index (χ0) is 9.90. The molecule has 4 heteroatoms. The summed E-state index contributed by atoms with van der Waals surface area (Å²) in [4.78, 5) is 8.09. The van der Waals surface area contributed by atoms with Crippen LogP contribution >= 0.6 is 0 Å². The van der Waals surface area contributed by atoms with Crippen molar-refractivity contribution in [1.29, 1.82) is 0 Å². The Kier molecular flexibility index (Phi) is 2.83. The van der Waals surface area contributed by atoms with E-state index in [1.165, 1.54) is 0 Å². The molecular formula is C9H16N4. The standard InChI is InChI=1S/C9H16N4/c1-9(2,3)12-5-7-4-11-6-8(10)13-7/h4,6,12H,5H2,1-3H3,(H2,10,13). The molecular weight excluding hydrogens is 164 g/mol. The van der Waals surface area contributed by atoms with Crippen molar-refractivity contribution in [2.75, 3.05) is 5.73 Å². The second kappa shape index (κ2) is 3.70. The predicted octanol–water partition coefficient (Wildman–Crippen LogP) is 0.947. The first-order chi connectivity index (χ1) is 5.97. The van der Waals surface area contributed by atoms with Crippen LogP contribution in [0.5, 0.6) is 0 Å². The largest absolute Gasteiger partial charge is 0.382 e. The van der Waals surface area contributed by atoms with Gasteiger partial charge in [-0.05, 0) is 20.8 Å². The van der Waals surface area contributed by atoms with Gasteiger partial charge in [-0.25, -0.2) is 4.98 Å². The molecule has 0 saturated heterocycles. The summed E-state index contributed by atoms with van der Waals surface area (Å²) >= 11 is 0. The number of hydrogen-bond donors (Lipinski definition) is 2. The molecule has 0 aromatic carbocycles. The van der Waals surface area contributed by atoms with Crippen LogP contribution in [0.15, 0.2) is 12.4 Å². The maximum atomic E-state index is 5.50. The second-order valence-corrected chi connectivity index (χ2v) is 4.04. The topological polar surface area (TPSA) is 63.8 Å². The van der Waals surface area contributed by atoms with Crippen molar-refractivity contribution in [1.82, 2.24) is 15.3 Å². The normalized spacial score (nSPS) is 11.6. The van der Waals surface area contributed by atoms with Gasteiger partial charge in [0, 0.05) is 18.3 Å². The summed E-state index contributed by atoms with van der Waals surface area (Å²) in [7, 11) is 0. The Balaban J connectivity index is 2.55. The summed E-state index contributed by atoms with van der Waals surface area (Å²) in [6.45, 7) is 7.01. The minimum Gasteiger partial charge on any atom is -0.382 e. The molecule has 0 aliphatic heterocycles. The first-order valence-electron chi connectivity index (χ1n) is 4.29. The van der Waals surface area contributed by atoms with E-state index in [-0.39, 0.29) is 5.54 Å². The van der Waals surface area contributed by atoms with E-state index in [1.807, 2.05) is 0 Å². The first-order valence-corrected chi connectivity index (χ1v) is 4.29. The average Bonchev–Trinajstić information content (AvgIpc) is 2.00. The van der Waals surface area contributed by atoms with Gasteiger partial charge in [-0.1, -0.05) is 0 Å². The lowest BCUT2D eigenvalue weighted by atomic mass is 10.1. The molecule has 0 fully saturated rings. The fourth-order valence-electron chi connectivity index (χ4n) is 0.864. The van der Waals surface area contributed by atoms with Crippen molar-refractivity contribution in [3.8, 4) is 0 Å². The summed E-state index contributed by atoms with van der Waals surface area (Å²) in [5.41, 5.74) is 6.46. The highest BCUT2D eigenvalue weighted by Crippen LogP contribution is 2.02. The monoisotopic (exact) mass is 180 g/mol. The van der Waals surface area contributed by atoms with E-state index in [9.17, 15) is 0 Å². The number of hydrogen-bond acceptors (Lipinski definition) is 4. The number of nitrogen functional groups attached to an aromatic ring is 1. The van der Waals surface area contributed by atoms with Gasteiger partial charge in [-0.3, -0.25) is 4.98 Å². The van der Waals surface area contributed by atoms with Crippen LogP contribution in [-0.2, 0) is 6.54 Å². The molecule has 0 aliphatic carbocycles. The average molecular weight is 180 g/mol. The maximum Gasteiger partial charge on any atom is 0.142 e. The smallest absolute Gasteiger partial charge is 0.142 e. The van der Waals surface area contributed by atoms with Crippen molar-refractivity contribution >= 4 is 5.82 Å². The van der Waals surface area contributed by atoms with E-state index in [2.05, 4.69) is 36.1 Å². The molecule has 0 aliphatic rings. The van der Waals surface area contributed by atoms with Gasteiger partial charge >= 0.3 is 0 Å². The Morgan fingerprint density at radius 1 is 1.38 bits per heavy atom. The lowest BCUT2D eigenvalue weighted by Crippen LogP contribution is -2.35. The number of aromatic nitrogens is 2. The van der Waals surface area contributed by atoms with Gasteiger partial charge in [0.05, 0.1) is 11.9 Å². The summed E-state index contributed by atoms with van der Waals surface area (Å²) in [6, 6.07) is 0. The Hall–Kier alpha value is -1.16. The van der Waals surface area contributed by atoms with Crippen LogP contribution in [0, 0.1) is 0 Å². The first kappa shape index (κ1) is 9.92. The van der Waals surface area contributed by atoms with Crippen LogP contribution in [0.2, 0.25) is 0 Å². The summed E-state index contributed by atoms with van der Waals surface area (Å²) < 4.78 is 0. The zero-order valence-corrected chi connectivity index (χ0v) is 8.33. The number of nitrogens with two attached hydrogens (primary N) is 1. The third kappa shape index (κ3) is 3.85. The van der Waals surface area contributed by atoms with Crippen LogP contribution in [0.25, 0.3) is 0 Å². The molecule has 13 heavy (non-hydrogen) atoms. The van der Waals surface area contributed by atoms with Gasteiger partial charge in [0.15, 0.2) is 0 Å². The Labute approximate surface area is 78.6 Å². The van der Waals surface area contributed by atoms with E-state index in [0.29, 0.717) is 12.4 Å². The highest BCUT2D eigenvalue weighted by Gasteiger charge is 2.08. The second-order valence-electron chi connectivity index (χ2n) is 4.04. The predicted molar refractivity (Wildman–Crippen MR) is 53.0 cm³/mol. The van der Waals surface area contributed by atoms with Crippen molar-refractivity contribution in [2.24, 2.45) is 0 Å². The van der Waals surface area contributed by atoms with Crippen LogP contribution in [0.1, 0.15) is 26.5 Å².